The van der Waals surface area contributed by atoms with Crippen LogP contribution in [0, 0.1) is 38.3 Å². The molecule has 0 aliphatic carbocycles. The average Bonchev–Trinajstić information content (AvgIpc) is 3.41. The molecule has 0 saturated carbocycles. The first-order chi connectivity index (χ1) is 21.6. The molecule has 7 rings (SSSR count). The van der Waals surface area contributed by atoms with Crippen molar-refractivity contribution in [3.63, 3.8) is 0 Å². The van der Waals surface area contributed by atoms with Crippen LogP contribution < -0.4 is 0 Å². The fraction of sp³-hybridized carbons (Fsp3) is 0.195. The zero-order chi connectivity index (χ0) is 31.6. The molecule has 4 aromatic heterocycles. The minimum absolute atomic E-state index is 0. The summed E-state index contributed by atoms with van der Waals surface area (Å²) in [6.45, 7) is 13.2. The van der Waals surface area contributed by atoms with Gasteiger partial charge in [0.2, 0.25) is 0 Å². The Morgan fingerprint density at radius 1 is 0.696 bits per heavy atom. The summed E-state index contributed by atoms with van der Waals surface area (Å²) in [5.41, 5.74) is 11.9. The van der Waals surface area contributed by atoms with E-state index >= 15 is 0 Å². The molecule has 0 aliphatic rings. The van der Waals surface area contributed by atoms with Crippen molar-refractivity contribution in [1.82, 2.24) is 15.0 Å². The summed E-state index contributed by atoms with van der Waals surface area (Å²) in [6.07, 6.45) is 8.56. The van der Waals surface area contributed by atoms with Gasteiger partial charge in [-0.3, -0.25) is 0 Å². The molecule has 4 heterocycles. The summed E-state index contributed by atoms with van der Waals surface area (Å²) in [5.74, 6) is 0. The van der Waals surface area contributed by atoms with E-state index in [-0.39, 0.29) is 20.1 Å². The van der Waals surface area contributed by atoms with Gasteiger partial charge in [0.25, 0.3) is 0 Å². The van der Waals surface area contributed by atoms with Crippen molar-refractivity contribution >= 4 is 33.8 Å². The monoisotopic (exact) mass is 844 g/mol. The first kappa shape index (κ1) is 33.6. The Bertz CT molecular complexity index is 2090. The molecule has 0 spiro atoms. The van der Waals surface area contributed by atoms with E-state index in [1.807, 2.05) is 24.7 Å². The van der Waals surface area contributed by atoms with Crippen LogP contribution in [0.1, 0.15) is 43.0 Å². The Morgan fingerprint density at radius 2 is 1.43 bits per heavy atom. The van der Waals surface area contributed by atoms with Gasteiger partial charge in [-0.25, -0.2) is 0 Å². The molecule has 7 aromatic rings. The van der Waals surface area contributed by atoms with Gasteiger partial charge in [0.05, 0.1) is 0 Å². The van der Waals surface area contributed by atoms with Crippen LogP contribution in [0.4, 0.5) is 0 Å². The molecule has 0 fully saturated rings. The van der Waals surface area contributed by atoms with E-state index in [4.69, 9.17) is 0 Å². The molecular formula is C41H37IrN3Se-2. The number of fused-ring (bicyclic) bond motifs is 3. The number of aryl methyl sites for hydroxylation is 3. The maximum absolute atomic E-state index is 4.60. The Hall–Kier alpha value is -3.72. The molecule has 0 atom stereocenters. The standard InChI is InChI=1S/C25H28N.C16H9N2Se.Ir/c1-17-7-10-22(24-13-18(2)19(3)16-26-24)14-23(17)21-11-8-20(9-12-21)15-25(4,5)6;1-2-6-15-12(5-1)13-10-18-14(8-16(13)19-15)11-4-3-7-17-9-11;/h7-9,11-14,16H,15H2,1-6H3;1-3,5-10H;/q2*-1;. The van der Waals surface area contributed by atoms with Crippen LogP contribution in [0.25, 0.3) is 52.9 Å². The van der Waals surface area contributed by atoms with Gasteiger partial charge in [-0.2, -0.15) is 0 Å². The molecule has 1 radical (unpaired) electrons. The molecule has 0 saturated heterocycles. The fourth-order valence-electron chi connectivity index (χ4n) is 5.44. The van der Waals surface area contributed by atoms with Crippen molar-refractivity contribution in [2.45, 2.75) is 48.0 Å². The third-order valence-electron chi connectivity index (χ3n) is 7.95. The number of pyridine rings is 3. The third kappa shape index (κ3) is 7.80. The number of hydrogen-bond acceptors (Lipinski definition) is 3. The molecule has 0 bridgehead atoms. The summed E-state index contributed by atoms with van der Waals surface area (Å²) in [6, 6.07) is 34.6. The van der Waals surface area contributed by atoms with Crippen molar-refractivity contribution in [3.8, 4) is 33.6 Å². The second kappa shape index (κ2) is 14.4. The first-order valence-electron chi connectivity index (χ1n) is 15.3. The number of hydrogen-bond donors (Lipinski definition) is 0. The number of rotatable bonds is 4. The second-order valence-corrected chi connectivity index (χ2v) is 15.1. The topological polar surface area (TPSA) is 38.7 Å². The maximum atomic E-state index is 4.60. The Kier molecular flexibility index (Phi) is 10.5. The van der Waals surface area contributed by atoms with Crippen LogP contribution in [0.15, 0.2) is 104 Å². The van der Waals surface area contributed by atoms with Gasteiger partial charge >= 0.3 is 116 Å². The summed E-state index contributed by atoms with van der Waals surface area (Å²) >= 11 is 0.381. The quantitative estimate of drug-likeness (QED) is 0.131. The second-order valence-electron chi connectivity index (χ2n) is 12.8. The first-order valence-corrected chi connectivity index (χ1v) is 17.0. The number of nitrogens with zero attached hydrogens (tertiary/aromatic N) is 3. The van der Waals surface area contributed by atoms with Crippen LogP contribution in [0.5, 0.6) is 0 Å². The molecule has 0 unspecified atom stereocenters. The van der Waals surface area contributed by atoms with E-state index < -0.39 is 0 Å². The van der Waals surface area contributed by atoms with Gasteiger partial charge in [0.15, 0.2) is 0 Å². The van der Waals surface area contributed by atoms with Crippen LogP contribution in [-0.2, 0) is 26.5 Å². The van der Waals surface area contributed by atoms with Crippen LogP contribution in [-0.4, -0.2) is 29.5 Å². The van der Waals surface area contributed by atoms with E-state index in [9.17, 15) is 0 Å². The van der Waals surface area contributed by atoms with Crippen molar-refractivity contribution < 1.29 is 20.1 Å². The minimum atomic E-state index is 0. The molecule has 0 N–H and O–H groups in total. The van der Waals surface area contributed by atoms with Crippen LogP contribution in [0.2, 0.25) is 0 Å². The van der Waals surface area contributed by atoms with Gasteiger partial charge in [-0.05, 0) is 48.1 Å². The van der Waals surface area contributed by atoms with E-state index in [1.54, 1.807) is 6.20 Å². The van der Waals surface area contributed by atoms with Crippen molar-refractivity contribution in [2.75, 3.05) is 0 Å². The molecule has 5 heteroatoms. The predicted molar refractivity (Wildman–Crippen MR) is 190 cm³/mol. The van der Waals surface area contributed by atoms with E-state index in [0.29, 0.717) is 19.9 Å². The normalized spacial score (nSPS) is 11.2. The van der Waals surface area contributed by atoms with Gasteiger partial charge in [0.1, 0.15) is 0 Å². The molecule has 233 valence electrons. The number of benzene rings is 3. The molecule has 46 heavy (non-hydrogen) atoms. The molecule has 0 aliphatic heterocycles. The zero-order valence-electron chi connectivity index (χ0n) is 27.1. The summed E-state index contributed by atoms with van der Waals surface area (Å²) in [4.78, 5) is 13.3. The Labute approximate surface area is 292 Å². The summed E-state index contributed by atoms with van der Waals surface area (Å²) in [7, 11) is 0. The van der Waals surface area contributed by atoms with E-state index in [0.717, 1.165) is 28.9 Å². The van der Waals surface area contributed by atoms with Gasteiger partial charge in [0, 0.05) is 26.3 Å². The molecule has 0 amide bonds. The SMILES string of the molecule is Cc1cnc(-c2[c-]cc(C)c(-c3ccc(CC(C)(C)C)cc3)c2)cc1C.[Ir].[c-]1ccncc1-c1cc2[se]c3ccccc3c2cn1. The predicted octanol–water partition coefficient (Wildman–Crippen LogP) is 10.0. The van der Waals surface area contributed by atoms with E-state index in [1.165, 1.54) is 52.7 Å². The third-order valence-corrected chi connectivity index (χ3v) is 10.3. The fourth-order valence-corrected chi connectivity index (χ4v) is 7.78. The number of aromatic nitrogens is 3. The van der Waals surface area contributed by atoms with Crippen molar-refractivity contribution in [3.05, 3.63) is 138 Å². The average molecular weight is 843 g/mol. The molecular weight excluding hydrogens is 806 g/mol. The van der Waals surface area contributed by atoms with Gasteiger partial charge in [-0.1, -0.05) is 69.2 Å². The summed E-state index contributed by atoms with van der Waals surface area (Å²) in [5, 5.41) is 2.62. The Morgan fingerprint density at radius 3 is 2.15 bits per heavy atom. The zero-order valence-corrected chi connectivity index (χ0v) is 31.2. The van der Waals surface area contributed by atoms with Crippen molar-refractivity contribution in [1.29, 1.82) is 0 Å². The van der Waals surface area contributed by atoms with Crippen molar-refractivity contribution in [2.24, 2.45) is 5.41 Å². The molecule has 3 nitrogen and oxygen atoms in total. The van der Waals surface area contributed by atoms with Gasteiger partial charge < -0.3 is 4.98 Å². The van der Waals surface area contributed by atoms with E-state index in [2.05, 4.69) is 141 Å². The van der Waals surface area contributed by atoms with Gasteiger partial charge in [-0.15, -0.1) is 29.3 Å². The van der Waals surface area contributed by atoms with Crippen LogP contribution >= 0.6 is 0 Å². The van der Waals surface area contributed by atoms with Crippen LogP contribution in [0.3, 0.4) is 0 Å². The molecule has 3 aromatic carbocycles. The Balaban J connectivity index is 0.000000185. The summed E-state index contributed by atoms with van der Waals surface area (Å²) < 4.78 is 2.84.